The van der Waals surface area contributed by atoms with Crippen molar-refractivity contribution in [3.05, 3.63) is 35.9 Å². The molecule has 1 saturated carbocycles. The molecule has 0 unspecified atom stereocenters. The number of rotatable bonds is 2. The zero-order valence-electron chi connectivity index (χ0n) is 8.73. The minimum absolute atomic E-state index is 0.232. The smallest absolute Gasteiger partial charge is 0.154 e. The first-order chi connectivity index (χ1) is 7.34. The largest absolute Gasteiger partial charge is 0.298 e. The summed E-state index contributed by atoms with van der Waals surface area (Å²) in [6.07, 6.45) is 2.20. The Kier molecular flexibility index (Phi) is 2.10. The molecule has 2 fully saturated rings. The van der Waals surface area contributed by atoms with Crippen molar-refractivity contribution < 1.29 is 4.79 Å². The molecular formula is C13H15NO. The zero-order valence-corrected chi connectivity index (χ0v) is 8.73. The van der Waals surface area contributed by atoms with Crippen LogP contribution in [0.3, 0.4) is 0 Å². The van der Waals surface area contributed by atoms with E-state index in [2.05, 4.69) is 29.2 Å². The normalized spacial score (nSPS) is 30.0. The third-order valence-corrected chi connectivity index (χ3v) is 3.64. The average Bonchev–Trinajstić information content (AvgIpc) is 2.75. The Morgan fingerprint density at radius 2 is 2.00 bits per heavy atom. The van der Waals surface area contributed by atoms with Crippen molar-refractivity contribution in [3.8, 4) is 0 Å². The van der Waals surface area contributed by atoms with Crippen LogP contribution in [0.15, 0.2) is 30.3 Å². The predicted octanol–water partition coefficient (Wildman–Crippen LogP) is 1.85. The highest BCUT2D eigenvalue weighted by atomic mass is 16.1. The van der Waals surface area contributed by atoms with E-state index in [1.54, 1.807) is 0 Å². The second-order valence-electron chi connectivity index (χ2n) is 4.61. The van der Waals surface area contributed by atoms with Crippen molar-refractivity contribution in [2.24, 2.45) is 5.92 Å². The monoisotopic (exact) mass is 201 g/mol. The molecule has 1 aromatic carbocycles. The van der Waals surface area contributed by atoms with Gasteiger partial charge in [-0.2, -0.15) is 0 Å². The fraction of sp³-hybridized carbons (Fsp3) is 0.462. The van der Waals surface area contributed by atoms with E-state index < -0.39 is 0 Å². The number of fused-ring (bicyclic) bond motifs is 2. The third kappa shape index (κ3) is 1.49. The van der Waals surface area contributed by atoms with Crippen LogP contribution < -0.4 is 0 Å². The van der Waals surface area contributed by atoms with Gasteiger partial charge in [-0.1, -0.05) is 30.3 Å². The first-order valence-corrected chi connectivity index (χ1v) is 5.66. The lowest BCUT2D eigenvalue weighted by Gasteiger charge is -2.24. The summed E-state index contributed by atoms with van der Waals surface area (Å²) in [5.41, 5.74) is 1.32. The Morgan fingerprint density at radius 1 is 1.20 bits per heavy atom. The maximum Gasteiger partial charge on any atom is 0.154 e. The van der Waals surface area contributed by atoms with Crippen LogP contribution >= 0.6 is 0 Å². The highest BCUT2D eigenvalue weighted by Crippen LogP contribution is 2.35. The van der Waals surface area contributed by atoms with Crippen molar-refractivity contribution >= 4 is 5.78 Å². The number of hydrogen-bond donors (Lipinski definition) is 0. The lowest BCUT2D eigenvalue weighted by Crippen LogP contribution is -2.32. The first kappa shape index (κ1) is 9.10. The summed E-state index contributed by atoms with van der Waals surface area (Å²) in [6, 6.07) is 10.7. The summed E-state index contributed by atoms with van der Waals surface area (Å²) in [5.74, 6) is 0.838. The topological polar surface area (TPSA) is 20.3 Å². The van der Waals surface area contributed by atoms with Crippen LogP contribution in [-0.4, -0.2) is 23.3 Å². The van der Waals surface area contributed by atoms with Crippen molar-refractivity contribution in [1.82, 2.24) is 4.90 Å². The SMILES string of the molecule is O=C1[C@H]2CC[C@H]1N(Cc1ccccc1)C2. The summed E-state index contributed by atoms with van der Waals surface area (Å²) in [6.45, 7) is 1.92. The number of carbonyl (C=O) groups is 1. The minimum Gasteiger partial charge on any atom is -0.298 e. The molecule has 0 radical (unpaired) electrons. The molecule has 0 aromatic heterocycles. The van der Waals surface area contributed by atoms with Gasteiger partial charge in [0.2, 0.25) is 0 Å². The fourth-order valence-corrected chi connectivity index (χ4v) is 2.86. The molecule has 3 rings (SSSR count). The molecule has 2 atom stereocenters. The molecule has 2 aliphatic rings. The number of piperidine rings is 1. The minimum atomic E-state index is 0.232. The molecule has 1 heterocycles. The van der Waals surface area contributed by atoms with Crippen LogP contribution in [0.1, 0.15) is 18.4 Å². The van der Waals surface area contributed by atoms with Crippen molar-refractivity contribution in [1.29, 1.82) is 0 Å². The number of hydrogen-bond acceptors (Lipinski definition) is 2. The second-order valence-corrected chi connectivity index (χ2v) is 4.61. The summed E-state index contributed by atoms with van der Waals surface area (Å²) in [4.78, 5) is 14.1. The van der Waals surface area contributed by atoms with Gasteiger partial charge in [-0.05, 0) is 18.4 Å². The van der Waals surface area contributed by atoms with Gasteiger partial charge in [-0.15, -0.1) is 0 Å². The van der Waals surface area contributed by atoms with Gasteiger partial charge in [0.25, 0.3) is 0 Å². The van der Waals surface area contributed by atoms with Gasteiger partial charge in [-0.3, -0.25) is 9.69 Å². The van der Waals surface area contributed by atoms with E-state index in [9.17, 15) is 4.79 Å². The molecule has 2 bridgehead atoms. The molecule has 1 aliphatic heterocycles. The van der Waals surface area contributed by atoms with Crippen LogP contribution in [0, 0.1) is 5.92 Å². The fourth-order valence-electron chi connectivity index (χ4n) is 2.86. The highest BCUT2D eigenvalue weighted by molar-refractivity contribution is 5.90. The molecule has 1 saturated heterocycles. The molecular weight excluding hydrogens is 186 g/mol. The number of likely N-dealkylation sites (tertiary alicyclic amines) is 1. The molecule has 0 spiro atoms. The van der Waals surface area contributed by atoms with Gasteiger partial charge in [0.05, 0.1) is 6.04 Å². The van der Waals surface area contributed by atoms with Gasteiger partial charge in [0.1, 0.15) is 0 Å². The maximum atomic E-state index is 11.7. The van der Waals surface area contributed by atoms with Crippen LogP contribution in [0.5, 0.6) is 0 Å². The highest BCUT2D eigenvalue weighted by Gasteiger charge is 2.45. The van der Waals surface area contributed by atoms with Gasteiger partial charge in [0, 0.05) is 19.0 Å². The third-order valence-electron chi connectivity index (χ3n) is 3.64. The van der Waals surface area contributed by atoms with E-state index in [1.165, 1.54) is 5.56 Å². The Labute approximate surface area is 89.9 Å². The van der Waals surface area contributed by atoms with E-state index in [4.69, 9.17) is 0 Å². The number of carbonyl (C=O) groups excluding carboxylic acids is 1. The van der Waals surface area contributed by atoms with E-state index in [1.807, 2.05) is 6.07 Å². The molecule has 2 heteroatoms. The molecule has 1 aromatic rings. The number of ketones is 1. The first-order valence-electron chi connectivity index (χ1n) is 5.66. The van der Waals surface area contributed by atoms with Crippen molar-refractivity contribution in [2.45, 2.75) is 25.4 Å². The molecule has 2 nitrogen and oxygen atoms in total. The Morgan fingerprint density at radius 3 is 2.60 bits per heavy atom. The van der Waals surface area contributed by atoms with Gasteiger partial charge in [0.15, 0.2) is 5.78 Å². The number of nitrogens with zero attached hydrogens (tertiary/aromatic N) is 1. The van der Waals surface area contributed by atoms with E-state index in [0.717, 1.165) is 25.9 Å². The van der Waals surface area contributed by atoms with Crippen molar-refractivity contribution in [3.63, 3.8) is 0 Å². The second kappa shape index (κ2) is 3.46. The van der Waals surface area contributed by atoms with Crippen LogP contribution in [0.4, 0.5) is 0 Å². The van der Waals surface area contributed by atoms with Gasteiger partial charge < -0.3 is 0 Å². The summed E-state index contributed by atoms with van der Waals surface area (Å²) in [5, 5.41) is 0. The van der Waals surface area contributed by atoms with Crippen LogP contribution in [0.2, 0.25) is 0 Å². The Balaban J connectivity index is 1.74. The van der Waals surface area contributed by atoms with Gasteiger partial charge in [-0.25, -0.2) is 0 Å². The lowest BCUT2D eigenvalue weighted by molar-refractivity contribution is -0.120. The molecule has 0 amide bonds. The summed E-state index contributed by atoms with van der Waals surface area (Å²) in [7, 11) is 0. The maximum absolute atomic E-state index is 11.7. The Hall–Kier alpha value is -1.15. The Bertz CT molecular complexity index is 373. The number of benzene rings is 1. The lowest BCUT2D eigenvalue weighted by atomic mass is 10.1. The quantitative estimate of drug-likeness (QED) is 0.727. The standard InChI is InChI=1S/C13H15NO/c15-13-11-6-7-12(13)14(9-11)8-10-4-2-1-3-5-10/h1-5,11-12H,6-9H2/t11-,12+/m0/s1. The molecule has 78 valence electrons. The average molecular weight is 201 g/mol. The van der Waals surface area contributed by atoms with E-state index >= 15 is 0 Å². The molecule has 15 heavy (non-hydrogen) atoms. The molecule has 1 aliphatic carbocycles. The predicted molar refractivity (Wildman–Crippen MR) is 58.4 cm³/mol. The van der Waals surface area contributed by atoms with Crippen molar-refractivity contribution in [2.75, 3.05) is 6.54 Å². The van der Waals surface area contributed by atoms with E-state index in [0.29, 0.717) is 11.7 Å². The van der Waals surface area contributed by atoms with Gasteiger partial charge >= 0.3 is 0 Å². The number of Topliss-reactive ketones (excluding diaryl/α,β-unsaturated/α-hetero) is 1. The zero-order chi connectivity index (χ0) is 10.3. The van der Waals surface area contributed by atoms with Crippen LogP contribution in [0.25, 0.3) is 0 Å². The molecule has 0 N–H and O–H groups in total. The van der Waals surface area contributed by atoms with Crippen LogP contribution in [-0.2, 0) is 11.3 Å². The summed E-state index contributed by atoms with van der Waals surface area (Å²) < 4.78 is 0. The summed E-state index contributed by atoms with van der Waals surface area (Å²) >= 11 is 0. The van der Waals surface area contributed by atoms with E-state index in [-0.39, 0.29) is 6.04 Å².